The maximum absolute atomic E-state index is 12.6. The average Bonchev–Trinajstić information content (AvgIpc) is 2.64. The first-order valence-electron chi connectivity index (χ1n) is 8.62. The van der Waals surface area contributed by atoms with E-state index in [2.05, 4.69) is 10.0 Å². The summed E-state index contributed by atoms with van der Waals surface area (Å²) in [6, 6.07) is 15.8. The molecule has 0 aliphatic rings. The normalized spacial score (nSPS) is 11.2. The lowest BCUT2D eigenvalue weighted by Gasteiger charge is -2.12. The van der Waals surface area contributed by atoms with E-state index in [9.17, 15) is 13.2 Å². The van der Waals surface area contributed by atoms with Gasteiger partial charge in [0.05, 0.1) is 21.2 Å². The first-order valence-corrected chi connectivity index (χ1v) is 10.9. The predicted octanol–water partition coefficient (Wildman–Crippen LogP) is 5.66. The number of amides is 1. The Morgan fingerprint density at radius 2 is 1.59 bits per heavy atom. The van der Waals surface area contributed by atoms with Crippen molar-refractivity contribution >= 4 is 50.5 Å². The monoisotopic (exact) mass is 448 g/mol. The van der Waals surface area contributed by atoms with Gasteiger partial charge in [0.25, 0.3) is 15.9 Å². The number of sulfonamides is 1. The van der Waals surface area contributed by atoms with E-state index in [4.69, 9.17) is 23.2 Å². The minimum atomic E-state index is -3.81. The lowest BCUT2D eigenvalue weighted by molar-refractivity contribution is 0.102. The van der Waals surface area contributed by atoms with Gasteiger partial charge in [-0.1, -0.05) is 40.9 Å². The Bertz CT molecular complexity index is 1180. The van der Waals surface area contributed by atoms with Crippen LogP contribution < -0.4 is 10.0 Å². The van der Waals surface area contributed by atoms with Crippen molar-refractivity contribution in [2.45, 2.75) is 18.7 Å². The minimum Gasteiger partial charge on any atom is -0.322 e. The lowest BCUT2D eigenvalue weighted by atomic mass is 10.1. The Morgan fingerprint density at radius 3 is 2.21 bits per heavy atom. The summed E-state index contributed by atoms with van der Waals surface area (Å²) in [4.78, 5) is 12.6. The van der Waals surface area contributed by atoms with Crippen LogP contribution in [0.15, 0.2) is 65.6 Å². The van der Waals surface area contributed by atoms with Crippen LogP contribution in [-0.2, 0) is 10.0 Å². The van der Waals surface area contributed by atoms with Crippen LogP contribution in [0.5, 0.6) is 0 Å². The van der Waals surface area contributed by atoms with Crippen LogP contribution in [0.3, 0.4) is 0 Å². The van der Waals surface area contributed by atoms with E-state index in [1.54, 1.807) is 0 Å². The molecular formula is C21H18Cl2N2O3S. The Kier molecular flexibility index (Phi) is 6.17. The third-order valence-corrected chi connectivity index (χ3v) is 6.18. The molecule has 0 unspecified atom stereocenters. The van der Waals surface area contributed by atoms with Gasteiger partial charge in [-0.2, -0.15) is 0 Å². The highest BCUT2D eigenvalue weighted by molar-refractivity contribution is 7.92. The molecule has 5 nitrogen and oxygen atoms in total. The number of aryl methyl sites for hydroxylation is 2. The highest BCUT2D eigenvalue weighted by Gasteiger charge is 2.17. The Balaban J connectivity index is 1.79. The molecule has 0 aromatic heterocycles. The smallest absolute Gasteiger partial charge is 0.261 e. The minimum absolute atomic E-state index is 0.0645. The Hall–Kier alpha value is -2.54. The number of hydrogen-bond acceptors (Lipinski definition) is 3. The zero-order chi connectivity index (χ0) is 21.2. The van der Waals surface area contributed by atoms with Gasteiger partial charge >= 0.3 is 0 Å². The number of carbonyl (C=O) groups excluding carboxylic acids is 1. The van der Waals surface area contributed by atoms with E-state index < -0.39 is 10.0 Å². The standard InChI is InChI=1S/C21H18Cl2N2O3S/c1-13-3-10-20(14(2)11-13)24-21(26)18-9-6-16(12-19(18)23)25-29(27,28)17-7-4-15(22)5-8-17/h3-12,25H,1-2H3,(H,24,26). The van der Waals surface area contributed by atoms with Gasteiger partial charge in [0, 0.05) is 10.7 Å². The average molecular weight is 449 g/mol. The maximum atomic E-state index is 12.6. The molecule has 0 saturated heterocycles. The molecule has 0 bridgehead atoms. The van der Waals surface area contributed by atoms with Gasteiger partial charge in [0.2, 0.25) is 0 Å². The van der Waals surface area contributed by atoms with Crippen molar-refractivity contribution in [2.75, 3.05) is 10.0 Å². The first kappa shape index (κ1) is 21.2. The molecule has 150 valence electrons. The van der Waals surface area contributed by atoms with Crippen molar-refractivity contribution < 1.29 is 13.2 Å². The summed E-state index contributed by atoms with van der Waals surface area (Å²) in [6.45, 7) is 3.87. The zero-order valence-corrected chi connectivity index (χ0v) is 18.0. The SMILES string of the molecule is Cc1ccc(NC(=O)c2ccc(NS(=O)(=O)c3ccc(Cl)cc3)cc2Cl)c(C)c1. The molecule has 3 aromatic rings. The molecule has 0 saturated carbocycles. The van der Waals surface area contributed by atoms with E-state index >= 15 is 0 Å². The summed E-state index contributed by atoms with van der Waals surface area (Å²) in [5.74, 6) is -0.380. The molecule has 0 aliphatic carbocycles. The number of anilines is 2. The second kappa shape index (κ2) is 8.45. The van der Waals surface area contributed by atoms with E-state index in [1.165, 1.54) is 42.5 Å². The number of carbonyl (C=O) groups is 1. The van der Waals surface area contributed by atoms with E-state index in [1.807, 2.05) is 32.0 Å². The quantitative estimate of drug-likeness (QED) is 0.528. The number of nitrogens with one attached hydrogen (secondary N) is 2. The van der Waals surface area contributed by atoms with Crippen LogP contribution in [0, 0.1) is 13.8 Å². The van der Waals surface area contributed by atoms with Crippen molar-refractivity contribution in [1.82, 2.24) is 0 Å². The van der Waals surface area contributed by atoms with Crippen molar-refractivity contribution in [1.29, 1.82) is 0 Å². The van der Waals surface area contributed by atoms with Crippen molar-refractivity contribution in [2.24, 2.45) is 0 Å². The summed E-state index contributed by atoms with van der Waals surface area (Å²) >= 11 is 12.0. The van der Waals surface area contributed by atoms with E-state index in [0.29, 0.717) is 10.7 Å². The highest BCUT2D eigenvalue weighted by atomic mass is 35.5. The predicted molar refractivity (Wildman–Crippen MR) is 118 cm³/mol. The van der Waals surface area contributed by atoms with Gasteiger partial charge in [-0.15, -0.1) is 0 Å². The maximum Gasteiger partial charge on any atom is 0.261 e. The summed E-state index contributed by atoms with van der Waals surface area (Å²) in [7, 11) is -3.81. The third-order valence-electron chi connectivity index (χ3n) is 4.22. The van der Waals surface area contributed by atoms with Crippen LogP contribution >= 0.6 is 23.2 Å². The van der Waals surface area contributed by atoms with E-state index in [-0.39, 0.29) is 27.1 Å². The fourth-order valence-corrected chi connectivity index (χ4v) is 4.18. The molecule has 0 aliphatic heterocycles. The fraction of sp³-hybridized carbons (Fsp3) is 0.0952. The van der Waals surface area contributed by atoms with Gasteiger partial charge < -0.3 is 5.32 Å². The van der Waals surface area contributed by atoms with Crippen LogP contribution in [0.4, 0.5) is 11.4 Å². The number of hydrogen-bond donors (Lipinski definition) is 2. The van der Waals surface area contributed by atoms with E-state index in [0.717, 1.165) is 11.1 Å². The van der Waals surface area contributed by atoms with Crippen LogP contribution in [0.25, 0.3) is 0 Å². The molecule has 8 heteroatoms. The van der Waals surface area contributed by atoms with Crippen LogP contribution in [0.1, 0.15) is 21.5 Å². The Labute approximate surface area is 179 Å². The molecule has 2 N–H and O–H groups in total. The lowest BCUT2D eigenvalue weighted by Crippen LogP contribution is -2.15. The molecule has 0 heterocycles. The third kappa shape index (κ3) is 5.09. The first-order chi connectivity index (χ1) is 13.7. The molecular weight excluding hydrogens is 431 g/mol. The number of halogens is 2. The molecule has 1 amide bonds. The topological polar surface area (TPSA) is 75.3 Å². The van der Waals surface area contributed by atoms with Gasteiger partial charge in [0.1, 0.15) is 0 Å². The second-order valence-electron chi connectivity index (χ2n) is 6.53. The number of benzene rings is 3. The summed E-state index contributed by atoms with van der Waals surface area (Å²) in [6.07, 6.45) is 0. The molecule has 0 radical (unpaired) electrons. The molecule has 29 heavy (non-hydrogen) atoms. The molecule has 0 atom stereocenters. The van der Waals surface area contributed by atoms with Gasteiger partial charge in [-0.25, -0.2) is 8.42 Å². The molecule has 3 aromatic carbocycles. The second-order valence-corrected chi connectivity index (χ2v) is 9.05. The molecule has 0 fully saturated rings. The molecule has 3 rings (SSSR count). The van der Waals surface area contributed by atoms with Gasteiger partial charge in [-0.05, 0) is 67.9 Å². The summed E-state index contributed by atoms with van der Waals surface area (Å²) in [5.41, 5.74) is 3.19. The van der Waals surface area contributed by atoms with Crippen LogP contribution in [-0.4, -0.2) is 14.3 Å². The fourth-order valence-electron chi connectivity index (χ4n) is 2.73. The highest BCUT2D eigenvalue weighted by Crippen LogP contribution is 2.25. The largest absolute Gasteiger partial charge is 0.322 e. The zero-order valence-electron chi connectivity index (χ0n) is 15.7. The van der Waals surface area contributed by atoms with Gasteiger partial charge in [0.15, 0.2) is 0 Å². The van der Waals surface area contributed by atoms with Crippen LogP contribution in [0.2, 0.25) is 10.0 Å². The van der Waals surface area contributed by atoms with Gasteiger partial charge in [-0.3, -0.25) is 9.52 Å². The van der Waals surface area contributed by atoms with Crippen molar-refractivity contribution in [3.05, 3.63) is 87.4 Å². The summed E-state index contributed by atoms with van der Waals surface area (Å²) < 4.78 is 27.4. The van der Waals surface area contributed by atoms with Crippen molar-refractivity contribution in [3.8, 4) is 0 Å². The van der Waals surface area contributed by atoms with Crippen molar-refractivity contribution in [3.63, 3.8) is 0 Å². The summed E-state index contributed by atoms with van der Waals surface area (Å²) in [5, 5.41) is 3.38. The Morgan fingerprint density at radius 1 is 0.897 bits per heavy atom. The molecule has 0 spiro atoms. The number of rotatable bonds is 5.